The number of non-ortho nitro benzene ring substituents is 1. The van der Waals surface area contributed by atoms with Gasteiger partial charge < -0.3 is 10.2 Å². The number of nitro benzene ring substituents is 1. The van der Waals surface area contributed by atoms with Gasteiger partial charge >= 0.3 is 0 Å². The smallest absolute Gasteiger partial charge is 0.271 e. The van der Waals surface area contributed by atoms with Crippen LogP contribution in [0.25, 0.3) is 0 Å². The second-order valence-electron chi connectivity index (χ2n) is 6.56. The van der Waals surface area contributed by atoms with Crippen LogP contribution in [-0.2, 0) is 4.79 Å². The Bertz CT molecular complexity index is 885. The minimum Gasteiger partial charge on any atom is -0.368 e. The summed E-state index contributed by atoms with van der Waals surface area (Å²) in [4.78, 5) is 27.3. The first-order chi connectivity index (χ1) is 13.4. The fourth-order valence-electron chi connectivity index (χ4n) is 3.18. The van der Waals surface area contributed by atoms with Gasteiger partial charge in [-0.2, -0.15) is 0 Å². The van der Waals surface area contributed by atoms with Crippen LogP contribution in [0, 0.1) is 10.1 Å². The lowest BCUT2D eigenvalue weighted by molar-refractivity contribution is -0.384. The van der Waals surface area contributed by atoms with Crippen molar-refractivity contribution in [2.24, 2.45) is 0 Å². The molecule has 1 aliphatic rings. The van der Waals surface area contributed by atoms with Crippen molar-refractivity contribution in [1.29, 1.82) is 0 Å². The monoisotopic (exact) mass is 422 g/mol. The first-order valence-electron chi connectivity index (χ1n) is 8.85. The molecule has 1 N–H and O–H groups in total. The summed E-state index contributed by atoms with van der Waals surface area (Å²) in [5.41, 5.74) is 1.10. The average molecular weight is 423 g/mol. The molecule has 0 aromatic heterocycles. The molecule has 9 heteroatoms. The van der Waals surface area contributed by atoms with E-state index in [-0.39, 0.29) is 22.3 Å². The van der Waals surface area contributed by atoms with Crippen molar-refractivity contribution < 1.29 is 9.72 Å². The number of hydrogen-bond donors (Lipinski definition) is 1. The number of para-hydroxylation sites is 1. The van der Waals surface area contributed by atoms with Crippen LogP contribution in [0.15, 0.2) is 42.5 Å². The van der Waals surface area contributed by atoms with Crippen LogP contribution in [0.2, 0.25) is 10.0 Å². The van der Waals surface area contributed by atoms with Gasteiger partial charge in [0.25, 0.3) is 5.69 Å². The lowest BCUT2D eigenvalue weighted by Gasteiger charge is -2.38. The molecule has 0 radical (unpaired) electrons. The van der Waals surface area contributed by atoms with E-state index in [4.69, 9.17) is 23.2 Å². The van der Waals surface area contributed by atoms with E-state index in [2.05, 4.69) is 15.1 Å². The molecule has 7 nitrogen and oxygen atoms in total. The summed E-state index contributed by atoms with van der Waals surface area (Å²) < 4.78 is 0. The van der Waals surface area contributed by atoms with Crippen molar-refractivity contribution in [3.8, 4) is 0 Å². The topological polar surface area (TPSA) is 78.7 Å². The number of carbonyl (C=O) groups excluding carboxylic acids is 1. The highest BCUT2D eigenvalue weighted by Crippen LogP contribution is 2.28. The van der Waals surface area contributed by atoms with Crippen molar-refractivity contribution >= 4 is 46.2 Å². The summed E-state index contributed by atoms with van der Waals surface area (Å²) in [7, 11) is 0. The van der Waals surface area contributed by atoms with Gasteiger partial charge in [-0.25, -0.2) is 0 Å². The Morgan fingerprint density at radius 1 is 1.11 bits per heavy atom. The standard InChI is InChI=1S/C19H20Cl2N4O3/c1-13(19(26)22-17-12-14(25(27)28)6-7-15(17)20)23-8-10-24(11-9-23)18-5-3-2-4-16(18)21/h2-7,12-13H,8-11H2,1H3,(H,22,26). The van der Waals surface area contributed by atoms with Gasteiger partial charge in [-0.05, 0) is 25.1 Å². The van der Waals surface area contributed by atoms with Gasteiger partial charge in [0.05, 0.1) is 32.4 Å². The molecule has 1 amide bonds. The van der Waals surface area contributed by atoms with Gasteiger partial charge in [-0.3, -0.25) is 19.8 Å². The summed E-state index contributed by atoms with van der Waals surface area (Å²) in [6, 6.07) is 11.3. The fourth-order valence-corrected chi connectivity index (χ4v) is 3.60. The molecular weight excluding hydrogens is 403 g/mol. The van der Waals surface area contributed by atoms with E-state index < -0.39 is 11.0 Å². The Morgan fingerprint density at radius 2 is 1.79 bits per heavy atom. The number of anilines is 2. The first-order valence-corrected chi connectivity index (χ1v) is 9.60. The minimum absolute atomic E-state index is 0.124. The van der Waals surface area contributed by atoms with Crippen LogP contribution in [0.3, 0.4) is 0 Å². The summed E-state index contributed by atoms with van der Waals surface area (Å²) in [6.07, 6.45) is 0. The summed E-state index contributed by atoms with van der Waals surface area (Å²) >= 11 is 12.3. The van der Waals surface area contributed by atoms with Crippen LogP contribution < -0.4 is 10.2 Å². The fraction of sp³-hybridized carbons (Fsp3) is 0.316. The number of nitrogens with zero attached hydrogens (tertiary/aromatic N) is 3. The van der Waals surface area contributed by atoms with E-state index in [1.807, 2.05) is 31.2 Å². The predicted octanol–water partition coefficient (Wildman–Crippen LogP) is 4.05. The molecule has 0 saturated carbocycles. The van der Waals surface area contributed by atoms with Gasteiger partial charge in [0.2, 0.25) is 5.91 Å². The molecule has 1 saturated heterocycles. The number of benzene rings is 2. The molecule has 0 spiro atoms. The molecule has 28 heavy (non-hydrogen) atoms. The number of nitro groups is 1. The Morgan fingerprint density at radius 3 is 2.43 bits per heavy atom. The third kappa shape index (κ3) is 4.55. The minimum atomic E-state index is -0.524. The molecule has 1 unspecified atom stereocenters. The number of nitrogens with one attached hydrogen (secondary N) is 1. The first kappa shape index (κ1) is 20.4. The molecule has 1 aliphatic heterocycles. The molecule has 2 aromatic carbocycles. The van der Waals surface area contributed by atoms with Gasteiger partial charge in [0.1, 0.15) is 0 Å². The van der Waals surface area contributed by atoms with Crippen LogP contribution >= 0.6 is 23.2 Å². The number of carbonyl (C=O) groups is 1. The molecule has 1 fully saturated rings. The molecule has 3 rings (SSSR count). The molecule has 148 valence electrons. The maximum Gasteiger partial charge on any atom is 0.271 e. The van der Waals surface area contributed by atoms with E-state index in [0.29, 0.717) is 18.1 Å². The quantitative estimate of drug-likeness (QED) is 0.580. The van der Waals surface area contributed by atoms with Gasteiger partial charge in [-0.1, -0.05) is 35.3 Å². The van der Waals surface area contributed by atoms with E-state index in [0.717, 1.165) is 18.8 Å². The molecule has 1 atom stereocenters. The zero-order valence-electron chi connectivity index (χ0n) is 15.3. The van der Waals surface area contributed by atoms with Crippen molar-refractivity contribution in [3.63, 3.8) is 0 Å². The Balaban J connectivity index is 1.61. The molecule has 0 aliphatic carbocycles. The second kappa shape index (κ2) is 8.77. The number of amides is 1. The van der Waals surface area contributed by atoms with Crippen molar-refractivity contribution in [1.82, 2.24) is 4.90 Å². The lowest BCUT2D eigenvalue weighted by Crippen LogP contribution is -2.52. The van der Waals surface area contributed by atoms with Gasteiger partial charge in [0.15, 0.2) is 0 Å². The molecule has 2 aromatic rings. The normalized spacial score (nSPS) is 15.9. The number of rotatable bonds is 5. The lowest BCUT2D eigenvalue weighted by atomic mass is 10.2. The largest absolute Gasteiger partial charge is 0.368 e. The van der Waals surface area contributed by atoms with E-state index in [1.165, 1.54) is 18.2 Å². The summed E-state index contributed by atoms with van der Waals surface area (Å²) in [5, 5.41) is 14.6. The molecule has 0 bridgehead atoms. The Labute approximate surface area is 173 Å². The van der Waals surface area contributed by atoms with Crippen molar-refractivity contribution in [2.75, 3.05) is 36.4 Å². The summed E-state index contributed by atoms with van der Waals surface area (Å²) in [6.45, 7) is 4.70. The highest BCUT2D eigenvalue weighted by molar-refractivity contribution is 6.34. The number of hydrogen-bond acceptors (Lipinski definition) is 5. The van der Waals surface area contributed by atoms with Crippen molar-refractivity contribution in [3.05, 3.63) is 62.6 Å². The summed E-state index contributed by atoms with van der Waals surface area (Å²) in [5.74, 6) is -0.256. The predicted molar refractivity (Wildman–Crippen MR) is 111 cm³/mol. The Hall–Kier alpha value is -2.35. The van der Waals surface area contributed by atoms with Gasteiger partial charge in [-0.15, -0.1) is 0 Å². The molecular formula is C19H20Cl2N4O3. The van der Waals surface area contributed by atoms with E-state index in [1.54, 1.807) is 0 Å². The highest BCUT2D eigenvalue weighted by Gasteiger charge is 2.27. The third-order valence-corrected chi connectivity index (χ3v) is 5.50. The van der Waals surface area contributed by atoms with Crippen LogP contribution in [-0.4, -0.2) is 48.0 Å². The Kier molecular flexibility index (Phi) is 6.39. The zero-order chi connectivity index (χ0) is 20.3. The van der Waals surface area contributed by atoms with Gasteiger partial charge in [0, 0.05) is 38.3 Å². The van der Waals surface area contributed by atoms with Crippen LogP contribution in [0.4, 0.5) is 17.1 Å². The number of piperazine rings is 1. The zero-order valence-corrected chi connectivity index (χ0v) is 16.8. The van der Waals surface area contributed by atoms with Crippen LogP contribution in [0.5, 0.6) is 0 Å². The highest BCUT2D eigenvalue weighted by atomic mass is 35.5. The number of halogens is 2. The third-order valence-electron chi connectivity index (χ3n) is 4.85. The maximum atomic E-state index is 12.6. The van der Waals surface area contributed by atoms with E-state index in [9.17, 15) is 14.9 Å². The van der Waals surface area contributed by atoms with Crippen LogP contribution in [0.1, 0.15) is 6.92 Å². The van der Waals surface area contributed by atoms with E-state index >= 15 is 0 Å². The average Bonchev–Trinajstić information content (AvgIpc) is 2.69. The SMILES string of the molecule is CC(C(=O)Nc1cc([N+](=O)[O-])ccc1Cl)N1CCN(c2ccccc2Cl)CC1. The maximum absolute atomic E-state index is 12.6. The van der Waals surface area contributed by atoms with Crippen molar-refractivity contribution in [2.45, 2.75) is 13.0 Å². The molecule has 1 heterocycles. The second-order valence-corrected chi connectivity index (χ2v) is 7.38.